The number of nitrogens with one attached hydrogen (secondary N) is 2. The van der Waals surface area contributed by atoms with Crippen LogP contribution in [0.4, 0.5) is 0 Å². The minimum atomic E-state index is -0.606. The van der Waals surface area contributed by atoms with Gasteiger partial charge in [0.05, 0.1) is 28.6 Å². The highest BCUT2D eigenvalue weighted by molar-refractivity contribution is 5.92. The Bertz CT molecular complexity index is 1600. The number of nitriles is 1. The van der Waals surface area contributed by atoms with E-state index in [1.165, 1.54) is 12.8 Å². The van der Waals surface area contributed by atoms with Gasteiger partial charge in [0.1, 0.15) is 12.4 Å². The summed E-state index contributed by atoms with van der Waals surface area (Å²) >= 11 is 0. The molecule has 1 aromatic heterocycles. The number of H-pyrrole nitrogens is 1. The molecule has 2 N–H and O–H groups in total. The quantitative estimate of drug-likeness (QED) is 0.333. The zero-order valence-electron chi connectivity index (χ0n) is 21.6. The van der Waals surface area contributed by atoms with Gasteiger partial charge in [-0.1, -0.05) is 30.3 Å². The molecular weight excluding hydrogens is 492 g/mol. The zero-order valence-corrected chi connectivity index (χ0v) is 21.6. The third kappa shape index (κ3) is 5.31. The number of likely N-dealkylation sites (tertiary alicyclic amines) is 1. The maximum Gasteiger partial charge on any atom is 0.417 e. The van der Waals surface area contributed by atoms with Crippen molar-refractivity contribution in [2.75, 3.05) is 19.6 Å². The van der Waals surface area contributed by atoms with Gasteiger partial charge >= 0.3 is 5.76 Å². The van der Waals surface area contributed by atoms with Crippen molar-refractivity contribution in [1.29, 1.82) is 5.26 Å². The van der Waals surface area contributed by atoms with Gasteiger partial charge in [-0.15, -0.1) is 0 Å². The lowest BCUT2D eigenvalue weighted by Crippen LogP contribution is -2.41. The summed E-state index contributed by atoms with van der Waals surface area (Å²) in [5.41, 5.74) is 3.90. The molecule has 1 amide bonds. The number of rotatable bonds is 9. The molecular formula is C31H30N4O4. The van der Waals surface area contributed by atoms with E-state index in [9.17, 15) is 9.59 Å². The monoisotopic (exact) mass is 522 g/mol. The fourth-order valence-electron chi connectivity index (χ4n) is 5.49. The van der Waals surface area contributed by atoms with Crippen molar-refractivity contribution in [3.8, 4) is 11.8 Å². The summed E-state index contributed by atoms with van der Waals surface area (Å²) < 4.78 is 11.2. The molecule has 1 aliphatic carbocycles. The fraction of sp³-hybridized carbons (Fsp3) is 0.323. The van der Waals surface area contributed by atoms with Gasteiger partial charge < -0.3 is 19.4 Å². The third-order valence-electron chi connectivity index (χ3n) is 7.82. The van der Waals surface area contributed by atoms with E-state index in [1.807, 2.05) is 54.6 Å². The molecule has 0 spiro atoms. The Labute approximate surface area is 226 Å². The lowest BCUT2D eigenvalue weighted by Gasteiger charge is -2.27. The number of carbonyl (C=O) groups excluding carboxylic acids is 1. The van der Waals surface area contributed by atoms with Crippen LogP contribution in [0.25, 0.3) is 11.1 Å². The lowest BCUT2D eigenvalue weighted by molar-refractivity contribution is -0.124. The Hall–Kier alpha value is -4.35. The smallest absolute Gasteiger partial charge is 0.417 e. The number of ether oxygens (including phenoxy) is 1. The first-order chi connectivity index (χ1) is 19.0. The standard InChI is InChI=1S/C31H30N4O4/c32-18-21-5-3-6-22(15-21)20-38-25-8-4-7-23(16-25)27(19-35-13-1-2-14-35)33-29(36)31(11-12-31)24-9-10-28-26(17-24)34-30(37)39-28/h3-10,15-17,27H,1-2,11-14,19-20H2,(H,33,36)(H,34,37). The molecule has 1 saturated heterocycles. The maximum atomic E-state index is 13.8. The molecule has 1 aliphatic heterocycles. The topological polar surface area (TPSA) is 111 Å². The minimum Gasteiger partial charge on any atom is -0.489 e. The van der Waals surface area contributed by atoms with Crippen molar-refractivity contribution >= 4 is 17.0 Å². The first-order valence-corrected chi connectivity index (χ1v) is 13.4. The van der Waals surface area contributed by atoms with Gasteiger partial charge in [-0.2, -0.15) is 5.26 Å². The lowest BCUT2D eigenvalue weighted by atomic mass is 9.93. The van der Waals surface area contributed by atoms with Crippen molar-refractivity contribution in [2.24, 2.45) is 0 Å². The molecule has 0 radical (unpaired) electrons. The molecule has 1 unspecified atom stereocenters. The number of amides is 1. The third-order valence-corrected chi connectivity index (χ3v) is 7.82. The minimum absolute atomic E-state index is 0.00321. The molecule has 0 bridgehead atoms. The molecule has 4 aromatic rings. The second-order valence-electron chi connectivity index (χ2n) is 10.5. The van der Waals surface area contributed by atoms with Gasteiger partial charge in [0.15, 0.2) is 5.58 Å². The van der Waals surface area contributed by atoms with E-state index in [4.69, 9.17) is 14.4 Å². The summed E-state index contributed by atoms with van der Waals surface area (Å²) in [4.78, 5) is 30.5. The maximum absolute atomic E-state index is 13.8. The second kappa shape index (κ2) is 10.4. The van der Waals surface area contributed by atoms with Crippen LogP contribution in [-0.4, -0.2) is 35.4 Å². The number of oxazole rings is 1. The molecule has 2 fully saturated rings. The summed E-state index contributed by atoms with van der Waals surface area (Å²) in [6.07, 6.45) is 3.85. The Kier molecular flexibility index (Phi) is 6.67. The Morgan fingerprint density at radius 3 is 2.72 bits per heavy atom. The van der Waals surface area contributed by atoms with Crippen molar-refractivity contribution in [3.63, 3.8) is 0 Å². The number of fused-ring (bicyclic) bond motifs is 1. The Morgan fingerprint density at radius 1 is 1.10 bits per heavy atom. The predicted octanol–water partition coefficient (Wildman–Crippen LogP) is 4.56. The summed E-state index contributed by atoms with van der Waals surface area (Å²) in [7, 11) is 0. The van der Waals surface area contributed by atoms with Gasteiger partial charge in [-0.25, -0.2) is 4.79 Å². The fourth-order valence-corrected chi connectivity index (χ4v) is 5.49. The van der Waals surface area contributed by atoms with Crippen LogP contribution in [0.5, 0.6) is 5.75 Å². The summed E-state index contributed by atoms with van der Waals surface area (Å²) in [6.45, 7) is 3.12. The van der Waals surface area contributed by atoms with E-state index in [2.05, 4.69) is 21.3 Å². The number of aromatic amines is 1. The van der Waals surface area contributed by atoms with Crippen LogP contribution >= 0.6 is 0 Å². The van der Waals surface area contributed by atoms with E-state index < -0.39 is 11.2 Å². The first kappa shape index (κ1) is 25.0. The summed E-state index contributed by atoms with van der Waals surface area (Å²) in [5, 5.41) is 12.5. The van der Waals surface area contributed by atoms with Gasteiger partial charge in [0.2, 0.25) is 5.91 Å². The molecule has 1 atom stereocenters. The molecule has 6 rings (SSSR count). The number of hydrogen-bond acceptors (Lipinski definition) is 6. The largest absolute Gasteiger partial charge is 0.489 e. The van der Waals surface area contributed by atoms with Crippen molar-refractivity contribution in [2.45, 2.75) is 43.7 Å². The van der Waals surface area contributed by atoms with Crippen LogP contribution < -0.4 is 15.8 Å². The van der Waals surface area contributed by atoms with E-state index >= 15 is 0 Å². The predicted molar refractivity (Wildman–Crippen MR) is 146 cm³/mol. The molecule has 3 aromatic carbocycles. The zero-order chi connectivity index (χ0) is 26.8. The highest BCUT2D eigenvalue weighted by Crippen LogP contribution is 2.49. The van der Waals surface area contributed by atoms with E-state index in [1.54, 1.807) is 12.1 Å². The van der Waals surface area contributed by atoms with Crippen LogP contribution in [0.3, 0.4) is 0 Å². The van der Waals surface area contributed by atoms with Crippen LogP contribution in [-0.2, 0) is 16.8 Å². The molecule has 8 heteroatoms. The Balaban J connectivity index is 1.22. The number of aromatic nitrogens is 1. The molecule has 39 heavy (non-hydrogen) atoms. The number of carbonyl (C=O) groups is 1. The van der Waals surface area contributed by atoms with Gasteiger partial charge in [0.25, 0.3) is 0 Å². The molecule has 1 saturated carbocycles. The van der Waals surface area contributed by atoms with Gasteiger partial charge in [-0.3, -0.25) is 9.78 Å². The number of hydrogen-bond donors (Lipinski definition) is 2. The number of nitrogens with zero attached hydrogens (tertiary/aromatic N) is 2. The average molecular weight is 523 g/mol. The second-order valence-corrected chi connectivity index (χ2v) is 10.5. The van der Waals surface area contributed by atoms with Gasteiger partial charge in [-0.05, 0) is 91.9 Å². The van der Waals surface area contributed by atoms with Crippen LogP contribution in [0.15, 0.2) is 75.9 Å². The van der Waals surface area contributed by atoms with Gasteiger partial charge in [0, 0.05) is 6.54 Å². The molecule has 8 nitrogen and oxygen atoms in total. The molecule has 2 aliphatic rings. The van der Waals surface area contributed by atoms with Crippen molar-refractivity contribution < 1.29 is 13.9 Å². The number of benzene rings is 3. The summed E-state index contributed by atoms with van der Waals surface area (Å²) in [5.74, 6) is 0.213. The Morgan fingerprint density at radius 2 is 1.92 bits per heavy atom. The van der Waals surface area contributed by atoms with Crippen molar-refractivity contribution in [3.05, 3.63) is 99.5 Å². The van der Waals surface area contributed by atoms with E-state index in [-0.39, 0.29) is 11.9 Å². The highest BCUT2D eigenvalue weighted by Gasteiger charge is 2.52. The van der Waals surface area contributed by atoms with E-state index in [0.29, 0.717) is 29.0 Å². The van der Waals surface area contributed by atoms with Crippen LogP contribution in [0.1, 0.15) is 54.0 Å². The first-order valence-electron chi connectivity index (χ1n) is 13.4. The highest BCUT2D eigenvalue weighted by atomic mass is 16.5. The van der Waals surface area contributed by atoms with Crippen LogP contribution in [0.2, 0.25) is 0 Å². The van der Waals surface area contributed by atoms with Crippen LogP contribution in [0, 0.1) is 11.3 Å². The molecule has 2 heterocycles. The van der Waals surface area contributed by atoms with E-state index in [0.717, 1.165) is 49.2 Å². The average Bonchev–Trinajstić information content (AvgIpc) is 3.44. The molecule has 198 valence electrons. The summed E-state index contributed by atoms with van der Waals surface area (Å²) in [6, 6.07) is 22.7. The van der Waals surface area contributed by atoms with Crippen molar-refractivity contribution in [1.82, 2.24) is 15.2 Å². The normalized spacial score (nSPS) is 17.0. The SMILES string of the molecule is N#Cc1cccc(COc2cccc(C(CN3CCCC3)NC(=O)C3(c4ccc5oc(=O)[nH]c5c4)CC3)c2)c1.